The van der Waals surface area contributed by atoms with Gasteiger partial charge in [0.1, 0.15) is 0 Å². The fourth-order valence-electron chi connectivity index (χ4n) is 1.78. The first-order valence-electron chi connectivity index (χ1n) is 6.49. The number of nitrogens with one attached hydrogen (secondary N) is 1. The van der Waals surface area contributed by atoms with Gasteiger partial charge >= 0.3 is 0 Å². The van der Waals surface area contributed by atoms with Crippen molar-refractivity contribution in [2.24, 2.45) is 5.73 Å². The highest BCUT2D eigenvalue weighted by molar-refractivity contribution is 6.31. The Morgan fingerprint density at radius 3 is 2.74 bits per heavy atom. The zero-order valence-electron chi connectivity index (χ0n) is 11.7. The molecule has 0 spiro atoms. The van der Waals surface area contributed by atoms with Crippen molar-refractivity contribution >= 4 is 28.9 Å². The lowest BCUT2D eigenvalue weighted by molar-refractivity contribution is -0.117. The van der Waals surface area contributed by atoms with Crippen LogP contribution in [-0.2, 0) is 4.79 Å². The number of carbonyl (C=O) groups excluding carboxylic acids is 1. The third-order valence-corrected chi connectivity index (χ3v) is 3.14. The first kappa shape index (κ1) is 15.8. The largest absolute Gasteiger partial charge is 0.376 e. The van der Waals surface area contributed by atoms with E-state index in [2.05, 4.69) is 12.2 Å². The van der Waals surface area contributed by atoms with Gasteiger partial charge in [0.05, 0.1) is 17.4 Å². The molecule has 3 N–H and O–H groups in total. The lowest BCUT2D eigenvalue weighted by atomic mass is 10.1. The Bertz CT molecular complexity index is 435. The van der Waals surface area contributed by atoms with Crippen molar-refractivity contribution in [2.45, 2.75) is 32.2 Å². The van der Waals surface area contributed by atoms with Gasteiger partial charge in [0.15, 0.2) is 0 Å². The van der Waals surface area contributed by atoms with Crippen molar-refractivity contribution < 1.29 is 4.79 Å². The number of hydrogen-bond acceptors (Lipinski definition) is 3. The molecule has 0 fully saturated rings. The van der Waals surface area contributed by atoms with Crippen molar-refractivity contribution in [1.29, 1.82) is 0 Å². The second-order valence-electron chi connectivity index (χ2n) is 4.79. The molecule has 0 saturated carbocycles. The Morgan fingerprint density at radius 2 is 2.16 bits per heavy atom. The van der Waals surface area contributed by atoms with E-state index in [0.717, 1.165) is 18.5 Å². The summed E-state index contributed by atoms with van der Waals surface area (Å²) in [6.07, 6.45) is 2.67. The number of anilines is 2. The molecule has 0 saturated heterocycles. The molecule has 106 valence electrons. The number of hydrogen-bond donors (Lipinski definition) is 2. The van der Waals surface area contributed by atoms with Gasteiger partial charge in [-0.15, -0.1) is 0 Å². The van der Waals surface area contributed by atoms with Gasteiger partial charge in [-0.25, -0.2) is 0 Å². The Kier molecular flexibility index (Phi) is 6.12. The highest BCUT2D eigenvalue weighted by Crippen LogP contribution is 2.27. The molecule has 19 heavy (non-hydrogen) atoms. The molecule has 1 amide bonds. The Morgan fingerprint density at radius 1 is 1.47 bits per heavy atom. The fraction of sp³-hybridized carbons (Fsp3) is 0.500. The molecule has 1 unspecified atom stereocenters. The summed E-state index contributed by atoms with van der Waals surface area (Å²) in [6.45, 7) is 2.08. The number of carbonyl (C=O) groups is 1. The Labute approximate surface area is 119 Å². The van der Waals surface area contributed by atoms with Gasteiger partial charge in [-0.1, -0.05) is 31.4 Å². The second kappa shape index (κ2) is 7.36. The molecule has 0 radical (unpaired) electrons. The van der Waals surface area contributed by atoms with E-state index < -0.39 is 6.04 Å². The summed E-state index contributed by atoms with van der Waals surface area (Å²) >= 11 is 5.97. The van der Waals surface area contributed by atoms with Crippen LogP contribution in [0.25, 0.3) is 0 Å². The normalized spacial score (nSPS) is 12.1. The summed E-state index contributed by atoms with van der Waals surface area (Å²) in [4.78, 5) is 13.9. The zero-order chi connectivity index (χ0) is 14.4. The number of unbranched alkanes of at least 4 members (excludes halogenated alkanes) is 1. The number of nitrogens with zero attached hydrogens (tertiary/aromatic N) is 1. The van der Waals surface area contributed by atoms with Crippen LogP contribution in [0.3, 0.4) is 0 Å². The highest BCUT2D eigenvalue weighted by atomic mass is 35.5. The molecular formula is C14H22ClN3O. The smallest absolute Gasteiger partial charge is 0.241 e. The molecule has 0 aromatic heterocycles. The van der Waals surface area contributed by atoms with Gasteiger partial charge in [-0.3, -0.25) is 4.79 Å². The van der Waals surface area contributed by atoms with Crippen LogP contribution in [0.15, 0.2) is 18.2 Å². The number of nitrogens with two attached hydrogens (primary N) is 1. The van der Waals surface area contributed by atoms with Gasteiger partial charge in [0.2, 0.25) is 5.91 Å². The van der Waals surface area contributed by atoms with Gasteiger partial charge in [-0.05, 0) is 24.6 Å². The van der Waals surface area contributed by atoms with Crippen molar-refractivity contribution in [3.63, 3.8) is 0 Å². The Balaban J connectivity index is 2.80. The van der Waals surface area contributed by atoms with Crippen LogP contribution < -0.4 is 16.0 Å². The van der Waals surface area contributed by atoms with Crippen LogP contribution in [0.1, 0.15) is 26.2 Å². The lowest BCUT2D eigenvalue weighted by Crippen LogP contribution is -2.35. The summed E-state index contributed by atoms with van der Waals surface area (Å²) in [5.41, 5.74) is 7.45. The molecule has 1 atom stereocenters. The number of rotatable bonds is 6. The Hall–Kier alpha value is -1.26. The summed E-state index contributed by atoms with van der Waals surface area (Å²) in [6, 6.07) is 4.93. The van der Waals surface area contributed by atoms with Crippen LogP contribution >= 0.6 is 11.6 Å². The molecular weight excluding hydrogens is 262 g/mol. The van der Waals surface area contributed by atoms with Gasteiger partial charge in [0.25, 0.3) is 0 Å². The maximum Gasteiger partial charge on any atom is 0.241 e. The monoisotopic (exact) mass is 283 g/mol. The van der Waals surface area contributed by atoms with Gasteiger partial charge in [0, 0.05) is 19.1 Å². The minimum absolute atomic E-state index is 0.168. The van der Waals surface area contributed by atoms with E-state index >= 15 is 0 Å². The van der Waals surface area contributed by atoms with Crippen molar-refractivity contribution in [3.8, 4) is 0 Å². The second-order valence-corrected chi connectivity index (χ2v) is 5.23. The van der Waals surface area contributed by atoms with E-state index in [1.54, 1.807) is 12.1 Å². The molecule has 5 heteroatoms. The van der Waals surface area contributed by atoms with E-state index in [4.69, 9.17) is 17.3 Å². The quantitative estimate of drug-likeness (QED) is 0.844. The SMILES string of the molecule is CCCCC(N)C(=O)Nc1cc(Cl)ccc1N(C)C. The average Bonchev–Trinajstić information content (AvgIpc) is 2.35. The third kappa shape index (κ3) is 4.73. The topological polar surface area (TPSA) is 58.4 Å². The number of amides is 1. The van der Waals surface area contributed by atoms with Crippen molar-refractivity contribution in [3.05, 3.63) is 23.2 Å². The lowest BCUT2D eigenvalue weighted by Gasteiger charge is -2.19. The third-order valence-electron chi connectivity index (χ3n) is 2.90. The summed E-state index contributed by atoms with van der Waals surface area (Å²) in [5, 5.41) is 3.44. The van der Waals surface area contributed by atoms with E-state index in [1.807, 2.05) is 25.1 Å². The van der Waals surface area contributed by atoms with Crippen LogP contribution in [0.4, 0.5) is 11.4 Å². The standard InChI is InChI=1S/C14H22ClN3O/c1-4-5-6-11(16)14(19)17-12-9-10(15)7-8-13(12)18(2)3/h7-9,11H,4-6,16H2,1-3H3,(H,17,19). The zero-order valence-corrected chi connectivity index (χ0v) is 12.5. The molecule has 4 nitrogen and oxygen atoms in total. The molecule has 0 aliphatic heterocycles. The van der Waals surface area contributed by atoms with Gasteiger partial charge in [-0.2, -0.15) is 0 Å². The minimum atomic E-state index is -0.478. The summed E-state index contributed by atoms with van der Waals surface area (Å²) in [7, 11) is 3.83. The minimum Gasteiger partial charge on any atom is -0.376 e. The first-order valence-corrected chi connectivity index (χ1v) is 6.86. The molecule has 0 aliphatic carbocycles. The predicted molar refractivity (Wildman–Crippen MR) is 81.9 cm³/mol. The summed E-state index contributed by atoms with van der Waals surface area (Å²) < 4.78 is 0. The summed E-state index contributed by atoms with van der Waals surface area (Å²) in [5.74, 6) is -0.168. The number of halogens is 1. The highest BCUT2D eigenvalue weighted by Gasteiger charge is 2.15. The maximum absolute atomic E-state index is 12.0. The van der Waals surface area contributed by atoms with Crippen LogP contribution in [0.5, 0.6) is 0 Å². The van der Waals surface area contributed by atoms with E-state index in [-0.39, 0.29) is 5.91 Å². The van der Waals surface area contributed by atoms with Crippen LogP contribution in [0, 0.1) is 0 Å². The molecule has 1 aromatic carbocycles. The van der Waals surface area contributed by atoms with Crippen LogP contribution in [-0.4, -0.2) is 26.0 Å². The van der Waals surface area contributed by atoms with Crippen molar-refractivity contribution in [1.82, 2.24) is 0 Å². The molecule has 0 aliphatic rings. The first-order chi connectivity index (χ1) is 8.95. The average molecular weight is 284 g/mol. The van der Waals surface area contributed by atoms with E-state index in [1.165, 1.54) is 0 Å². The maximum atomic E-state index is 12.0. The van der Waals surface area contributed by atoms with Crippen LogP contribution in [0.2, 0.25) is 5.02 Å². The predicted octanol–water partition coefficient (Wildman–Crippen LogP) is 2.86. The van der Waals surface area contributed by atoms with E-state index in [9.17, 15) is 4.79 Å². The molecule has 0 bridgehead atoms. The molecule has 1 aromatic rings. The van der Waals surface area contributed by atoms with Gasteiger partial charge < -0.3 is 16.0 Å². The van der Waals surface area contributed by atoms with Crippen molar-refractivity contribution in [2.75, 3.05) is 24.3 Å². The molecule has 0 heterocycles. The molecule has 1 rings (SSSR count). The van der Waals surface area contributed by atoms with E-state index in [0.29, 0.717) is 17.1 Å². The number of benzene rings is 1. The fourth-order valence-corrected chi connectivity index (χ4v) is 1.95.